The van der Waals surface area contributed by atoms with Crippen LogP contribution in [0.3, 0.4) is 0 Å². The highest BCUT2D eigenvalue weighted by Crippen LogP contribution is 2.40. The number of aromatic nitrogens is 4. The Hall–Kier alpha value is -3.80. The molecule has 43 heavy (non-hydrogen) atoms. The highest BCUT2D eigenvalue weighted by molar-refractivity contribution is 6.35. The van der Waals surface area contributed by atoms with Crippen molar-refractivity contribution in [2.24, 2.45) is 23.3 Å². The summed E-state index contributed by atoms with van der Waals surface area (Å²) in [5.74, 6) is 1.94. The Kier molecular flexibility index (Phi) is 9.43. The first-order valence-corrected chi connectivity index (χ1v) is 15.1. The lowest BCUT2D eigenvalue weighted by Gasteiger charge is -2.18. The number of nitrogens with zero attached hydrogens (tertiary/aromatic N) is 6. The molecular weight excluding hydrogens is 587 g/mol. The molecule has 2 aliphatic carbocycles. The van der Waals surface area contributed by atoms with Gasteiger partial charge in [-0.1, -0.05) is 35.3 Å². The molecule has 2 heterocycles. The molecule has 0 radical (unpaired) electrons. The summed E-state index contributed by atoms with van der Waals surface area (Å²) >= 11 is 12.3. The molecule has 12 heteroatoms. The summed E-state index contributed by atoms with van der Waals surface area (Å²) in [6.07, 6.45) is 5.49. The van der Waals surface area contributed by atoms with E-state index in [0.29, 0.717) is 81.3 Å². The number of fused-ring (bicyclic) bond motifs is 2. The molecule has 2 fully saturated rings. The topological polar surface area (TPSA) is 169 Å². The van der Waals surface area contributed by atoms with E-state index in [2.05, 4.69) is 22.1 Å². The maximum Gasteiger partial charge on any atom is 0.262 e. The number of halogens is 2. The molecule has 0 spiro atoms. The first-order chi connectivity index (χ1) is 20.8. The summed E-state index contributed by atoms with van der Waals surface area (Å²) < 4.78 is 3.12. The van der Waals surface area contributed by atoms with Crippen molar-refractivity contribution in [3.05, 3.63) is 78.8 Å². The van der Waals surface area contributed by atoms with Gasteiger partial charge in [-0.15, -0.1) is 0 Å². The number of nitrogens with two attached hydrogens (primary N) is 2. The van der Waals surface area contributed by atoms with E-state index in [0.717, 1.165) is 25.7 Å². The molecular formula is C31H32Cl2N8O2. The van der Waals surface area contributed by atoms with E-state index in [9.17, 15) is 9.59 Å². The zero-order valence-electron chi connectivity index (χ0n) is 23.5. The van der Waals surface area contributed by atoms with Gasteiger partial charge in [0.2, 0.25) is 0 Å². The molecule has 2 saturated carbocycles. The van der Waals surface area contributed by atoms with Crippen molar-refractivity contribution in [1.82, 2.24) is 19.1 Å². The van der Waals surface area contributed by atoms with Crippen molar-refractivity contribution in [2.45, 2.75) is 70.1 Å². The van der Waals surface area contributed by atoms with Crippen LogP contribution in [0.25, 0.3) is 21.8 Å². The van der Waals surface area contributed by atoms with Gasteiger partial charge in [0.15, 0.2) is 0 Å². The van der Waals surface area contributed by atoms with Gasteiger partial charge in [0, 0.05) is 19.5 Å². The Balaban J connectivity index is 0.000000171. The summed E-state index contributed by atoms with van der Waals surface area (Å²) in [6.45, 7) is 0.732. The largest absolute Gasteiger partial charge is 0.321 e. The average molecular weight is 620 g/mol. The zero-order chi connectivity index (χ0) is 30.7. The van der Waals surface area contributed by atoms with E-state index in [1.54, 1.807) is 41.0 Å². The van der Waals surface area contributed by atoms with Crippen LogP contribution in [0.1, 0.15) is 68.7 Å². The summed E-state index contributed by atoms with van der Waals surface area (Å²) in [4.78, 5) is 34.7. The van der Waals surface area contributed by atoms with Gasteiger partial charge in [-0.3, -0.25) is 18.7 Å². The van der Waals surface area contributed by atoms with Crippen molar-refractivity contribution in [3.8, 4) is 12.1 Å². The molecule has 2 atom stereocenters. The van der Waals surface area contributed by atoms with Gasteiger partial charge < -0.3 is 11.5 Å². The SMILES string of the molecule is N#CCCCn1c([C@@H](N)C2CC2)nc2cccc(Cl)c2c1=O.N#CCCn1c([C@@H](N)C2CC2)nc2cccc(Cl)c2c1=O. The molecule has 2 aromatic heterocycles. The van der Waals surface area contributed by atoms with Crippen molar-refractivity contribution >= 4 is 45.0 Å². The minimum Gasteiger partial charge on any atom is -0.321 e. The van der Waals surface area contributed by atoms with Crippen LogP contribution in [-0.4, -0.2) is 19.1 Å². The van der Waals surface area contributed by atoms with E-state index in [1.807, 2.05) is 0 Å². The summed E-state index contributed by atoms with van der Waals surface area (Å²) in [6, 6.07) is 14.1. The number of rotatable bonds is 9. The second-order valence-corrected chi connectivity index (χ2v) is 11.8. The Morgan fingerprint density at radius 1 is 0.767 bits per heavy atom. The molecule has 222 valence electrons. The molecule has 2 aliphatic rings. The fourth-order valence-corrected chi connectivity index (χ4v) is 5.73. The summed E-state index contributed by atoms with van der Waals surface area (Å²) in [5.41, 5.74) is 13.3. The zero-order valence-corrected chi connectivity index (χ0v) is 25.1. The molecule has 4 aromatic rings. The third kappa shape index (κ3) is 6.58. The predicted octanol–water partition coefficient (Wildman–Crippen LogP) is 5.14. The van der Waals surface area contributed by atoms with Crippen LogP contribution in [0.4, 0.5) is 0 Å². The molecule has 2 aromatic carbocycles. The number of hydrogen-bond donors (Lipinski definition) is 2. The first kappa shape index (κ1) is 30.7. The molecule has 0 unspecified atom stereocenters. The molecule has 0 aliphatic heterocycles. The van der Waals surface area contributed by atoms with Gasteiger partial charge in [-0.05, 0) is 68.2 Å². The minimum atomic E-state index is -0.264. The van der Waals surface area contributed by atoms with Crippen LogP contribution in [0, 0.1) is 34.5 Å². The van der Waals surface area contributed by atoms with Gasteiger partial charge >= 0.3 is 0 Å². The Labute approximate surface area is 258 Å². The molecule has 10 nitrogen and oxygen atoms in total. The second kappa shape index (κ2) is 13.2. The van der Waals surface area contributed by atoms with Crippen LogP contribution in [0.15, 0.2) is 46.0 Å². The quantitative estimate of drug-likeness (QED) is 0.243. The molecule has 6 rings (SSSR count). The van der Waals surface area contributed by atoms with Gasteiger partial charge in [0.05, 0.1) is 62.5 Å². The number of unbranched alkanes of at least 4 members (excludes halogenated alkanes) is 1. The fraction of sp³-hybridized carbons (Fsp3) is 0.419. The highest BCUT2D eigenvalue weighted by Gasteiger charge is 2.34. The third-order valence-corrected chi connectivity index (χ3v) is 8.53. The molecule has 0 bridgehead atoms. The van der Waals surface area contributed by atoms with Crippen LogP contribution < -0.4 is 22.6 Å². The van der Waals surface area contributed by atoms with Gasteiger partial charge in [-0.25, -0.2) is 9.97 Å². The van der Waals surface area contributed by atoms with E-state index in [4.69, 9.17) is 45.2 Å². The van der Waals surface area contributed by atoms with Gasteiger partial charge in [0.1, 0.15) is 11.6 Å². The van der Waals surface area contributed by atoms with Crippen molar-refractivity contribution in [1.29, 1.82) is 10.5 Å². The number of benzene rings is 2. The monoisotopic (exact) mass is 618 g/mol. The standard InChI is InChI=1S/C16H17ClN4O.C15H15ClN4O/c17-11-4-3-5-12-13(11)16(22)21(9-2-1-8-18)15(20-12)14(19)10-6-7-10;16-10-3-1-4-11-12(10)15(21)20(8-2-7-17)14(19-11)13(18)9-5-6-9/h3-5,10,14H,1-2,6-7,9,19H2;1,3-4,9,13H,2,5-6,8,18H2/t14-;13-/m00/s1. The number of nitriles is 2. The minimum absolute atomic E-state index is 0.167. The maximum atomic E-state index is 12.8. The van der Waals surface area contributed by atoms with Gasteiger partial charge in [-0.2, -0.15) is 10.5 Å². The lowest BCUT2D eigenvalue weighted by atomic mass is 10.1. The normalized spacial score (nSPS) is 15.8. The highest BCUT2D eigenvalue weighted by atomic mass is 35.5. The molecule has 0 saturated heterocycles. The average Bonchev–Trinajstić information content (AvgIpc) is 3.91. The Bertz CT molecular complexity index is 1870. The first-order valence-electron chi connectivity index (χ1n) is 14.4. The van der Waals surface area contributed by atoms with E-state index < -0.39 is 0 Å². The lowest BCUT2D eigenvalue weighted by molar-refractivity contribution is 0.511. The summed E-state index contributed by atoms with van der Waals surface area (Å²) in [7, 11) is 0. The summed E-state index contributed by atoms with van der Waals surface area (Å²) in [5, 5.41) is 19.1. The van der Waals surface area contributed by atoms with Gasteiger partial charge in [0.25, 0.3) is 11.1 Å². The van der Waals surface area contributed by atoms with E-state index >= 15 is 0 Å². The molecule has 0 amide bonds. The Morgan fingerprint density at radius 3 is 1.63 bits per heavy atom. The number of hydrogen-bond acceptors (Lipinski definition) is 8. The van der Waals surface area contributed by atoms with Crippen molar-refractivity contribution < 1.29 is 0 Å². The third-order valence-electron chi connectivity index (χ3n) is 7.90. The van der Waals surface area contributed by atoms with Crippen LogP contribution >= 0.6 is 23.2 Å². The second-order valence-electron chi connectivity index (χ2n) is 11.0. The maximum absolute atomic E-state index is 12.8. The van der Waals surface area contributed by atoms with E-state index in [1.165, 1.54) is 4.57 Å². The van der Waals surface area contributed by atoms with Crippen molar-refractivity contribution in [2.75, 3.05) is 0 Å². The van der Waals surface area contributed by atoms with Crippen LogP contribution in [-0.2, 0) is 13.1 Å². The van der Waals surface area contributed by atoms with Crippen LogP contribution in [0.2, 0.25) is 10.0 Å². The lowest BCUT2D eigenvalue weighted by Crippen LogP contribution is -2.30. The predicted molar refractivity (Wildman–Crippen MR) is 166 cm³/mol. The van der Waals surface area contributed by atoms with E-state index in [-0.39, 0.29) is 29.6 Å². The Morgan fingerprint density at radius 2 is 1.21 bits per heavy atom. The fourth-order valence-electron chi connectivity index (χ4n) is 5.23. The molecule has 4 N–H and O–H groups in total. The smallest absolute Gasteiger partial charge is 0.262 e. The van der Waals surface area contributed by atoms with Crippen LogP contribution in [0.5, 0.6) is 0 Å². The van der Waals surface area contributed by atoms with Crippen molar-refractivity contribution in [3.63, 3.8) is 0 Å².